The molecule has 0 aliphatic carbocycles. The van der Waals surface area contributed by atoms with Gasteiger partial charge in [-0.15, -0.1) is 11.3 Å². The van der Waals surface area contributed by atoms with Gasteiger partial charge in [0.25, 0.3) is 11.5 Å². The van der Waals surface area contributed by atoms with Gasteiger partial charge < -0.3 is 9.47 Å². The minimum absolute atomic E-state index is 0.210. The molecule has 0 aliphatic heterocycles. The summed E-state index contributed by atoms with van der Waals surface area (Å²) in [6.07, 6.45) is 2.87. The van der Waals surface area contributed by atoms with Crippen LogP contribution >= 0.6 is 27.3 Å². The van der Waals surface area contributed by atoms with E-state index in [4.69, 9.17) is 9.47 Å². The van der Waals surface area contributed by atoms with Crippen LogP contribution in [0.3, 0.4) is 0 Å². The van der Waals surface area contributed by atoms with Crippen LogP contribution in [0, 0.1) is 6.92 Å². The number of fused-ring (bicyclic) bond motifs is 1. The number of amides is 1. The van der Waals surface area contributed by atoms with E-state index in [9.17, 15) is 9.59 Å². The molecule has 0 aliphatic rings. The van der Waals surface area contributed by atoms with Crippen LogP contribution in [0.1, 0.15) is 18.1 Å². The van der Waals surface area contributed by atoms with Gasteiger partial charge in [-0.2, -0.15) is 5.10 Å². The zero-order valence-electron chi connectivity index (χ0n) is 19.4. The largest absolute Gasteiger partial charge is 0.493 e. The van der Waals surface area contributed by atoms with Gasteiger partial charge in [-0.1, -0.05) is 29.8 Å². The van der Waals surface area contributed by atoms with E-state index in [1.807, 2.05) is 43.5 Å². The van der Waals surface area contributed by atoms with E-state index in [-0.39, 0.29) is 12.1 Å². The Kier molecular flexibility index (Phi) is 7.62. The lowest BCUT2D eigenvalue weighted by Gasteiger charge is -2.12. The number of aromatic nitrogens is 2. The van der Waals surface area contributed by atoms with Crippen molar-refractivity contribution in [2.75, 3.05) is 13.7 Å². The highest BCUT2D eigenvalue weighted by atomic mass is 79.9. The van der Waals surface area contributed by atoms with Crippen molar-refractivity contribution in [3.8, 4) is 22.6 Å². The second-order valence-electron chi connectivity index (χ2n) is 7.63. The molecule has 2 aromatic heterocycles. The number of aryl methyl sites for hydroxylation is 1. The Labute approximate surface area is 214 Å². The number of thiophene rings is 1. The van der Waals surface area contributed by atoms with E-state index >= 15 is 0 Å². The van der Waals surface area contributed by atoms with Gasteiger partial charge in [-0.3, -0.25) is 14.2 Å². The summed E-state index contributed by atoms with van der Waals surface area (Å²) >= 11 is 4.86. The molecule has 0 spiro atoms. The predicted octanol–water partition coefficient (Wildman–Crippen LogP) is 4.75. The SMILES string of the molecule is CCOc1c(Br)cc(/C=N/NC(=O)Cn2cnc3scc(-c4ccc(C)cc4)c3c2=O)cc1OC. The molecule has 0 unspecified atom stereocenters. The summed E-state index contributed by atoms with van der Waals surface area (Å²) in [5.41, 5.74) is 5.76. The predicted molar refractivity (Wildman–Crippen MR) is 142 cm³/mol. The molecule has 8 nitrogen and oxygen atoms in total. The number of hydrogen-bond donors (Lipinski definition) is 1. The first-order valence-corrected chi connectivity index (χ1v) is 12.4. The van der Waals surface area contributed by atoms with E-state index in [1.54, 1.807) is 19.2 Å². The van der Waals surface area contributed by atoms with Crippen molar-refractivity contribution < 1.29 is 14.3 Å². The first-order chi connectivity index (χ1) is 16.9. The number of ether oxygens (including phenoxy) is 2. The van der Waals surface area contributed by atoms with Crippen LogP contribution in [0.4, 0.5) is 0 Å². The molecular formula is C25H23BrN4O4S. The number of nitrogens with one attached hydrogen (secondary N) is 1. The highest BCUT2D eigenvalue weighted by Gasteiger charge is 2.15. The Bertz CT molecular complexity index is 1460. The summed E-state index contributed by atoms with van der Waals surface area (Å²) in [7, 11) is 1.55. The van der Waals surface area contributed by atoms with Crippen molar-refractivity contribution in [3.63, 3.8) is 0 Å². The third-order valence-electron chi connectivity index (χ3n) is 5.18. The monoisotopic (exact) mass is 554 g/mol. The molecule has 0 saturated heterocycles. The molecule has 1 N–H and O–H groups in total. The van der Waals surface area contributed by atoms with E-state index in [1.165, 1.54) is 28.4 Å². The van der Waals surface area contributed by atoms with Gasteiger partial charge in [0.1, 0.15) is 11.4 Å². The highest BCUT2D eigenvalue weighted by Crippen LogP contribution is 2.36. The number of carbonyl (C=O) groups excluding carboxylic acids is 1. The van der Waals surface area contributed by atoms with Gasteiger partial charge in [0.2, 0.25) is 0 Å². The quantitative estimate of drug-likeness (QED) is 0.250. The smallest absolute Gasteiger partial charge is 0.263 e. The summed E-state index contributed by atoms with van der Waals surface area (Å²) in [4.78, 5) is 30.6. The molecule has 180 valence electrons. The fraction of sp³-hybridized carbons (Fsp3) is 0.200. The molecular weight excluding hydrogens is 532 g/mol. The maximum absolute atomic E-state index is 13.2. The number of halogens is 1. The molecule has 0 saturated carbocycles. The Morgan fingerprint density at radius 2 is 2.06 bits per heavy atom. The molecule has 2 heterocycles. The Morgan fingerprint density at radius 1 is 1.29 bits per heavy atom. The Morgan fingerprint density at radius 3 is 2.77 bits per heavy atom. The molecule has 0 radical (unpaired) electrons. The van der Waals surface area contributed by atoms with Crippen molar-refractivity contribution >= 4 is 49.6 Å². The first-order valence-electron chi connectivity index (χ1n) is 10.8. The summed E-state index contributed by atoms with van der Waals surface area (Å²) in [5, 5.41) is 6.43. The molecule has 1 amide bonds. The van der Waals surface area contributed by atoms with Crippen LogP contribution in [0.5, 0.6) is 11.5 Å². The summed E-state index contributed by atoms with van der Waals surface area (Å²) in [6.45, 7) is 4.18. The minimum atomic E-state index is -0.450. The molecule has 0 fully saturated rings. The lowest BCUT2D eigenvalue weighted by molar-refractivity contribution is -0.121. The van der Waals surface area contributed by atoms with E-state index in [0.717, 1.165) is 16.7 Å². The summed E-state index contributed by atoms with van der Waals surface area (Å²) < 4.78 is 12.9. The fourth-order valence-electron chi connectivity index (χ4n) is 3.49. The number of nitrogens with zero attached hydrogens (tertiary/aromatic N) is 3. The van der Waals surface area contributed by atoms with Crippen molar-refractivity contribution in [1.29, 1.82) is 0 Å². The van der Waals surface area contributed by atoms with E-state index in [0.29, 0.717) is 38.4 Å². The highest BCUT2D eigenvalue weighted by molar-refractivity contribution is 9.10. The second kappa shape index (κ2) is 10.8. The number of hydrazone groups is 1. The van der Waals surface area contributed by atoms with Crippen molar-refractivity contribution in [2.24, 2.45) is 5.10 Å². The number of carbonyl (C=O) groups is 1. The lowest BCUT2D eigenvalue weighted by Crippen LogP contribution is -2.30. The molecule has 4 aromatic rings. The zero-order chi connectivity index (χ0) is 24.9. The van der Waals surface area contributed by atoms with Gasteiger partial charge in [-0.25, -0.2) is 10.4 Å². The second-order valence-corrected chi connectivity index (χ2v) is 9.35. The maximum atomic E-state index is 13.2. The normalized spacial score (nSPS) is 11.2. The standard InChI is InChI=1S/C25H23BrN4O4S/c1-4-34-23-19(26)9-16(10-20(23)33-3)11-28-29-21(31)12-30-14-27-24-22(25(30)32)18(13-35-24)17-7-5-15(2)6-8-17/h5-11,13-14H,4,12H2,1-3H3,(H,29,31)/b28-11+. The molecule has 4 rings (SSSR count). The minimum Gasteiger partial charge on any atom is -0.493 e. The summed E-state index contributed by atoms with van der Waals surface area (Å²) in [5.74, 6) is 0.686. The molecule has 10 heteroatoms. The topological polar surface area (TPSA) is 94.8 Å². The zero-order valence-corrected chi connectivity index (χ0v) is 21.8. The van der Waals surface area contributed by atoms with Crippen LogP contribution < -0.4 is 20.5 Å². The van der Waals surface area contributed by atoms with Gasteiger partial charge in [0, 0.05) is 10.9 Å². The van der Waals surface area contributed by atoms with Crippen LogP contribution in [-0.4, -0.2) is 35.4 Å². The third kappa shape index (κ3) is 5.44. The maximum Gasteiger partial charge on any atom is 0.263 e. The average molecular weight is 555 g/mol. The Hall–Kier alpha value is -3.50. The molecule has 0 atom stereocenters. The number of hydrogen-bond acceptors (Lipinski definition) is 7. The van der Waals surface area contributed by atoms with Crippen molar-refractivity contribution in [3.05, 3.63) is 74.1 Å². The number of benzene rings is 2. The molecule has 35 heavy (non-hydrogen) atoms. The van der Waals surface area contributed by atoms with Gasteiger partial charge in [0.15, 0.2) is 11.5 Å². The van der Waals surface area contributed by atoms with Gasteiger partial charge in [-0.05, 0) is 53.0 Å². The molecule has 0 bridgehead atoms. The third-order valence-corrected chi connectivity index (χ3v) is 6.66. The van der Waals surface area contributed by atoms with Crippen LogP contribution in [0.2, 0.25) is 0 Å². The number of methoxy groups -OCH3 is 1. The van der Waals surface area contributed by atoms with Crippen LogP contribution in [0.15, 0.2) is 62.5 Å². The van der Waals surface area contributed by atoms with E-state index in [2.05, 4.69) is 31.4 Å². The van der Waals surface area contributed by atoms with Crippen molar-refractivity contribution in [2.45, 2.75) is 20.4 Å². The summed E-state index contributed by atoms with van der Waals surface area (Å²) in [6, 6.07) is 11.5. The van der Waals surface area contributed by atoms with Crippen LogP contribution in [0.25, 0.3) is 21.3 Å². The molecule has 2 aromatic carbocycles. The fourth-order valence-corrected chi connectivity index (χ4v) is 4.97. The average Bonchev–Trinajstić information content (AvgIpc) is 3.28. The lowest BCUT2D eigenvalue weighted by atomic mass is 10.1. The van der Waals surface area contributed by atoms with Gasteiger partial charge >= 0.3 is 0 Å². The van der Waals surface area contributed by atoms with Crippen molar-refractivity contribution in [1.82, 2.24) is 15.0 Å². The Balaban J connectivity index is 1.51. The first kappa shape index (κ1) is 24.6. The van der Waals surface area contributed by atoms with Gasteiger partial charge in [0.05, 0.1) is 36.1 Å². The van der Waals surface area contributed by atoms with E-state index < -0.39 is 5.91 Å². The number of rotatable bonds is 8. The van der Waals surface area contributed by atoms with Crippen LogP contribution in [-0.2, 0) is 11.3 Å².